The second-order valence-corrected chi connectivity index (χ2v) is 6.30. The molecule has 2 aromatic heterocycles. The Bertz CT molecular complexity index is 998. The standard InChI is InChI=1S/C19H21N5O3/c1-2-24-17-14(23-19(24)20)9-13(11-21-17)18(25)22-10-12-4-5-15-16(8-12)27-7-3-6-26-15/h4-5,8-9,11H,2-3,6-7,10H2,1H3,(H2,20,23)(H,22,25). The number of carbonyl (C=O) groups is 1. The Morgan fingerprint density at radius 1 is 1.26 bits per heavy atom. The van der Waals surface area contributed by atoms with Gasteiger partial charge in [0.1, 0.15) is 5.52 Å². The van der Waals surface area contributed by atoms with Crippen molar-refractivity contribution in [3.8, 4) is 11.5 Å². The van der Waals surface area contributed by atoms with Crippen LogP contribution < -0.4 is 20.5 Å². The molecule has 1 aromatic carbocycles. The maximum absolute atomic E-state index is 12.5. The summed E-state index contributed by atoms with van der Waals surface area (Å²) >= 11 is 0. The van der Waals surface area contributed by atoms with Crippen LogP contribution in [0.25, 0.3) is 11.2 Å². The van der Waals surface area contributed by atoms with Crippen molar-refractivity contribution in [2.24, 2.45) is 0 Å². The lowest BCUT2D eigenvalue weighted by Gasteiger charge is -2.10. The van der Waals surface area contributed by atoms with Crippen LogP contribution in [0.15, 0.2) is 30.5 Å². The number of nitrogens with one attached hydrogen (secondary N) is 1. The number of nitrogens with two attached hydrogens (primary N) is 1. The summed E-state index contributed by atoms with van der Waals surface area (Å²) in [5.41, 5.74) is 8.54. The molecule has 3 aromatic rings. The van der Waals surface area contributed by atoms with Crippen LogP contribution in [-0.4, -0.2) is 33.7 Å². The molecule has 0 bridgehead atoms. The highest BCUT2D eigenvalue weighted by molar-refractivity contribution is 5.96. The fraction of sp³-hybridized carbons (Fsp3) is 0.316. The van der Waals surface area contributed by atoms with Gasteiger partial charge < -0.3 is 20.5 Å². The van der Waals surface area contributed by atoms with Gasteiger partial charge in [-0.1, -0.05) is 6.07 Å². The van der Waals surface area contributed by atoms with E-state index in [9.17, 15) is 4.79 Å². The summed E-state index contributed by atoms with van der Waals surface area (Å²) < 4.78 is 13.1. The van der Waals surface area contributed by atoms with Crippen LogP contribution in [0.5, 0.6) is 11.5 Å². The molecule has 1 aliphatic rings. The van der Waals surface area contributed by atoms with Crippen LogP contribution >= 0.6 is 0 Å². The summed E-state index contributed by atoms with van der Waals surface area (Å²) in [7, 11) is 0. The Morgan fingerprint density at radius 3 is 2.89 bits per heavy atom. The number of fused-ring (bicyclic) bond motifs is 2. The number of anilines is 1. The zero-order valence-electron chi connectivity index (χ0n) is 15.1. The van der Waals surface area contributed by atoms with Crippen molar-refractivity contribution in [2.75, 3.05) is 18.9 Å². The molecule has 3 heterocycles. The highest BCUT2D eigenvalue weighted by Crippen LogP contribution is 2.30. The van der Waals surface area contributed by atoms with Crippen LogP contribution in [0.2, 0.25) is 0 Å². The number of rotatable bonds is 4. The Labute approximate surface area is 156 Å². The predicted octanol–water partition coefficient (Wildman–Crippen LogP) is 2.12. The third kappa shape index (κ3) is 3.38. The molecule has 4 rings (SSSR count). The minimum atomic E-state index is -0.221. The number of carbonyl (C=O) groups excluding carboxylic acids is 1. The maximum atomic E-state index is 12.5. The molecule has 27 heavy (non-hydrogen) atoms. The SMILES string of the molecule is CCn1c(N)nc2cc(C(=O)NCc3ccc4c(c3)OCCCO4)cnc21. The zero-order valence-corrected chi connectivity index (χ0v) is 15.1. The minimum Gasteiger partial charge on any atom is -0.490 e. The first kappa shape index (κ1) is 17.1. The minimum absolute atomic E-state index is 0.221. The van der Waals surface area contributed by atoms with Crippen molar-refractivity contribution in [1.29, 1.82) is 0 Å². The van der Waals surface area contributed by atoms with Crippen molar-refractivity contribution < 1.29 is 14.3 Å². The van der Waals surface area contributed by atoms with Gasteiger partial charge in [0, 0.05) is 25.7 Å². The Morgan fingerprint density at radius 2 is 2.07 bits per heavy atom. The van der Waals surface area contributed by atoms with E-state index in [1.807, 2.05) is 25.1 Å². The third-order valence-electron chi connectivity index (χ3n) is 4.46. The molecule has 140 valence electrons. The number of aromatic nitrogens is 3. The van der Waals surface area contributed by atoms with E-state index < -0.39 is 0 Å². The van der Waals surface area contributed by atoms with Crippen molar-refractivity contribution in [2.45, 2.75) is 26.4 Å². The first-order valence-corrected chi connectivity index (χ1v) is 8.94. The van der Waals surface area contributed by atoms with Crippen molar-refractivity contribution in [3.05, 3.63) is 41.6 Å². The Hall–Kier alpha value is -3.29. The molecule has 0 saturated heterocycles. The van der Waals surface area contributed by atoms with E-state index in [0.29, 0.717) is 54.7 Å². The van der Waals surface area contributed by atoms with Gasteiger partial charge in [-0.05, 0) is 30.7 Å². The number of hydrogen-bond acceptors (Lipinski definition) is 6. The lowest BCUT2D eigenvalue weighted by atomic mass is 10.2. The fourth-order valence-corrected chi connectivity index (χ4v) is 3.07. The summed E-state index contributed by atoms with van der Waals surface area (Å²) in [4.78, 5) is 21.1. The number of benzene rings is 1. The molecule has 0 atom stereocenters. The predicted molar refractivity (Wildman–Crippen MR) is 101 cm³/mol. The molecule has 0 spiro atoms. The average molecular weight is 367 g/mol. The highest BCUT2D eigenvalue weighted by atomic mass is 16.5. The largest absolute Gasteiger partial charge is 0.490 e. The first-order valence-electron chi connectivity index (χ1n) is 8.94. The molecule has 0 saturated carbocycles. The van der Waals surface area contributed by atoms with Gasteiger partial charge in [-0.15, -0.1) is 0 Å². The van der Waals surface area contributed by atoms with E-state index in [1.165, 1.54) is 0 Å². The number of amides is 1. The monoisotopic (exact) mass is 367 g/mol. The van der Waals surface area contributed by atoms with Gasteiger partial charge >= 0.3 is 0 Å². The normalized spacial score (nSPS) is 13.4. The van der Waals surface area contributed by atoms with E-state index in [0.717, 1.165) is 17.7 Å². The van der Waals surface area contributed by atoms with Crippen LogP contribution in [0.4, 0.5) is 5.95 Å². The second kappa shape index (κ2) is 7.14. The van der Waals surface area contributed by atoms with Gasteiger partial charge in [-0.25, -0.2) is 9.97 Å². The van der Waals surface area contributed by atoms with Crippen LogP contribution in [0.1, 0.15) is 29.3 Å². The first-order chi connectivity index (χ1) is 13.2. The molecule has 3 N–H and O–H groups in total. The average Bonchev–Trinajstić information content (AvgIpc) is 2.84. The molecule has 0 fully saturated rings. The lowest BCUT2D eigenvalue weighted by Crippen LogP contribution is -2.23. The van der Waals surface area contributed by atoms with E-state index in [4.69, 9.17) is 15.2 Å². The molecule has 1 amide bonds. The Balaban J connectivity index is 1.48. The van der Waals surface area contributed by atoms with Gasteiger partial charge in [0.15, 0.2) is 17.1 Å². The summed E-state index contributed by atoms with van der Waals surface area (Å²) in [6, 6.07) is 7.38. The van der Waals surface area contributed by atoms with Crippen LogP contribution in [0, 0.1) is 0 Å². The van der Waals surface area contributed by atoms with Crippen molar-refractivity contribution in [1.82, 2.24) is 19.9 Å². The molecule has 0 radical (unpaired) electrons. The molecule has 8 nitrogen and oxygen atoms in total. The maximum Gasteiger partial charge on any atom is 0.253 e. The number of imidazole rings is 1. The fourth-order valence-electron chi connectivity index (χ4n) is 3.07. The molecular weight excluding hydrogens is 346 g/mol. The quantitative estimate of drug-likeness (QED) is 0.732. The summed E-state index contributed by atoms with van der Waals surface area (Å²) in [6.07, 6.45) is 2.40. The van der Waals surface area contributed by atoms with Gasteiger partial charge in [-0.3, -0.25) is 9.36 Å². The molecule has 1 aliphatic heterocycles. The Kier molecular flexibility index (Phi) is 4.53. The van der Waals surface area contributed by atoms with E-state index in [-0.39, 0.29) is 5.91 Å². The van der Waals surface area contributed by atoms with E-state index >= 15 is 0 Å². The van der Waals surface area contributed by atoms with Crippen molar-refractivity contribution in [3.63, 3.8) is 0 Å². The highest BCUT2D eigenvalue weighted by Gasteiger charge is 2.14. The second-order valence-electron chi connectivity index (χ2n) is 6.30. The van der Waals surface area contributed by atoms with Gasteiger partial charge in [0.2, 0.25) is 5.95 Å². The van der Waals surface area contributed by atoms with Crippen molar-refractivity contribution >= 4 is 23.0 Å². The van der Waals surface area contributed by atoms with Gasteiger partial charge in [0.25, 0.3) is 5.91 Å². The van der Waals surface area contributed by atoms with Crippen LogP contribution in [-0.2, 0) is 13.1 Å². The number of nitrogens with zero attached hydrogens (tertiary/aromatic N) is 3. The van der Waals surface area contributed by atoms with E-state index in [2.05, 4.69) is 15.3 Å². The number of nitrogen functional groups attached to an aromatic ring is 1. The van der Waals surface area contributed by atoms with Crippen LogP contribution in [0.3, 0.4) is 0 Å². The van der Waals surface area contributed by atoms with Gasteiger partial charge in [0.05, 0.1) is 18.8 Å². The lowest BCUT2D eigenvalue weighted by molar-refractivity contribution is 0.0950. The summed E-state index contributed by atoms with van der Waals surface area (Å²) in [5.74, 6) is 1.62. The third-order valence-corrected chi connectivity index (χ3v) is 4.46. The topological polar surface area (TPSA) is 104 Å². The molecule has 0 aliphatic carbocycles. The molecule has 0 unspecified atom stereocenters. The summed E-state index contributed by atoms with van der Waals surface area (Å²) in [6.45, 7) is 4.29. The number of ether oxygens (including phenoxy) is 2. The van der Waals surface area contributed by atoms with Gasteiger partial charge in [-0.2, -0.15) is 0 Å². The van der Waals surface area contributed by atoms with E-state index in [1.54, 1.807) is 16.8 Å². The molecule has 8 heteroatoms. The number of pyridine rings is 1. The number of aryl methyl sites for hydroxylation is 1. The number of hydrogen-bond donors (Lipinski definition) is 2. The smallest absolute Gasteiger partial charge is 0.253 e. The summed E-state index contributed by atoms with van der Waals surface area (Å²) in [5, 5.41) is 2.90. The zero-order chi connectivity index (χ0) is 18.8. The molecular formula is C19H21N5O3.